The van der Waals surface area contributed by atoms with Crippen LogP contribution in [0.5, 0.6) is 0 Å². The normalized spacial score (nSPS) is 17.9. The average molecular weight is 213 g/mol. The van der Waals surface area contributed by atoms with E-state index in [0.717, 1.165) is 0 Å². The van der Waals surface area contributed by atoms with Crippen molar-refractivity contribution in [1.29, 1.82) is 0 Å². The maximum atomic E-state index is 13.5. The largest absolute Gasteiger partial charge is 0.299 e. The number of Topliss-reactive ketones (excluding diaryl/α,β-unsaturated/α-hetero) is 1. The number of carbonyl (C=O) groups is 1. The first-order valence-electron chi connectivity index (χ1n) is 4.53. The van der Waals surface area contributed by atoms with Gasteiger partial charge in [0.1, 0.15) is 11.6 Å². The molecule has 1 aromatic carbocycles. The third-order valence-electron chi connectivity index (χ3n) is 2.87. The Morgan fingerprint density at radius 3 is 2.57 bits per heavy atom. The van der Waals surface area contributed by atoms with Gasteiger partial charge in [-0.25, -0.2) is 4.39 Å². The van der Waals surface area contributed by atoms with Gasteiger partial charge in [-0.3, -0.25) is 4.79 Å². The summed E-state index contributed by atoms with van der Waals surface area (Å²) in [6.07, 6.45) is 1.42. The van der Waals surface area contributed by atoms with Crippen molar-refractivity contribution in [2.75, 3.05) is 0 Å². The number of rotatable bonds is 2. The molecule has 14 heavy (non-hydrogen) atoms. The van der Waals surface area contributed by atoms with Gasteiger partial charge in [0, 0.05) is 10.6 Å². The number of benzene rings is 1. The highest BCUT2D eigenvalue weighted by molar-refractivity contribution is 6.32. The fourth-order valence-electron chi connectivity index (χ4n) is 1.86. The van der Waals surface area contributed by atoms with Crippen LogP contribution in [0.25, 0.3) is 0 Å². The van der Waals surface area contributed by atoms with Gasteiger partial charge in [-0.05, 0) is 31.9 Å². The Hall–Kier alpha value is -0.890. The second-order valence-corrected chi connectivity index (χ2v) is 4.14. The molecule has 0 heterocycles. The first kappa shape index (κ1) is 9.66. The molecule has 2 rings (SSSR count). The van der Waals surface area contributed by atoms with Gasteiger partial charge in [0.15, 0.2) is 0 Å². The van der Waals surface area contributed by atoms with Gasteiger partial charge in [0.2, 0.25) is 0 Å². The Balaban J connectivity index is 2.56. The summed E-state index contributed by atoms with van der Waals surface area (Å²) in [5.74, 6) is -0.366. The van der Waals surface area contributed by atoms with E-state index in [2.05, 4.69) is 0 Å². The molecule has 0 radical (unpaired) electrons. The van der Waals surface area contributed by atoms with E-state index in [1.165, 1.54) is 13.0 Å². The molecule has 0 bridgehead atoms. The van der Waals surface area contributed by atoms with Gasteiger partial charge in [0.05, 0.1) is 5.41 Å². The molecule has 1 aliphatic rings. The predicted octanol–water partition coefficient (Wildman–Crippen LogP) is 3.10. The van der Waals surface area contributed by atoms with Crippen molar-refractivity contribution < 1.29 is 9.18 Å². The summed E-state index contributed by atoms with van der Waals surface area (Å²) in [6, 6.07) is 4.53. The fourth-order valence-corrected chi connectivity index (χ4v) is 2.20. The molecule has 0 spiro atoms. The Bertz CT molecular complexity index is 376. The van der Waals surface area contributed by atoms with Crippen LogP contribution in [-0.4, -0.2) is 5.78 Å². The number of carbonyl (C=O) groups excluding carboxylic acids is 1. The molecule has 0 unspecified atom stereocenters. The lowest BCUT2D eigenvalue weighted by Crippen LogP contribution is -2.19. The summed E-state index contributed by atoms with van der Waals surface area (Å²) in [7, 11) is 0. The van der Waals surface area contributed by atoms with E-state index >= 15 is 0 Å². The summed E-state index contributed by atoms with van der Waals surface area (Å²) in [4.78, 5) is 11.4. The van der Waals surface area contributed by atoms with E-state index in [1.54, 1.807) is 12.1 Å². The smallest absolute Gasteiger partial charge is 0.140 e. The van der Waals surface area contributed by atoms with Crippen LogP contribution in [0.1, 0.15) is 25.3 Å². The molecule has 3 heteroatoms. The summed E-state index contributed by atoms with van der Waals surface area (Å²) >= 11 is 5.91. The topological polar surface area (TPSA) is 17.1 Å². The van der Waals surface area contributed by atoms with E-state index in [9.17, 15) is 9.18 Å². The molecule has 0 amide bonds. The van der Waals surface area contributed by atoms with Crippen molar-refractivity contribution in [3.8, 4) is 0 Å². The molecule has 1 fully saturated rings. The maximum Gasteiger partial charge on any atom is 0.140 e. The van der Waals surface area contributed by atoms with Crippen molar-refractivity contribution in [3.05, 3.63) is 34.6 Å². The molecular formula is C11H10ClFO. The first-order chi connectivity index (χ1) is 6.58. The van der Waals surface area contributed by atoms with Crippen LogP contribution in [0.4, 0.5) is 4.39 Å². The maximum absolute atomic E-state index is 13.5. The molecule has 1 nitrogen and oxygen atoms in total. The Morgan fingerprint density at radius 2 is 2.14 bits per heavy atom. The molecule has 1 saturated carbocycles. The summed E-state index contributed by atoms with van der Waals surface area (Å²) < 4.78 is 13.5. The minimum absolute atomic E-state index is 0.00417. The van der Waals surface area contributed by atoms with Crippen molar-refractivity contribution in [2.45, 2.75) is 25.2 Å². The lowest BCUT2D eigenvalue weighted by atomic mass is 9.91. The fraction of sp³-hybridized carbons (Fsp3) is 0.364. The van der Waals surface area contributed by atoms with Crippen molar-refractivity contribution >= 4 is 17.4 Å². The molecule has 1 aromatic rings. The molecular weight excluding hydrogens is 203 g/mol. The monoisotopic (exact) mass is 212 g/mol. The highest BCUT2D eigenvalue weighted by Crippen LogP contribution is 2.51. The van der Waals surface area contributed by atoms with Crippen molar-refractivity contribution in [3.63, 3.8) is 0 Å². The van der Waals surface area contributed by atoms with Gasteiger partial charge >= 0.3 is 0 Å². The second-order valence-electron chi connectivity index (χ2n) is 3.73. The van der Waals surface area contributed by atoms with Gasteiger partial charge in [-0.1, -0.05) is 17.7 Å². The van der Waals surface area contributed by atoms with Gasteiger partial charge in [0.25, 0.3) is 0 Å². The number of ketones is 1. The Labute approximate surface area is 86.9 Å². The Kier molecular flexibility index (Phi) is 2.11. The van der Waals surface area contributed by atoms with E-state index in [1.807, 2.05) is 0 Å². The standard InChI is InChI=1S/C11H10ClFO/c1-7(14)11(5-6-11)10-8(12)3-2-4-9(10)13/h2-4H,5-6H2,1H3. The first-order valence-corrected chi connectivity index (χ1v) is 4.91. The average Bonchev–Trinajstić information content (AvgIpc) is 2.85. The molecule has 0 aromatic heterocycles. The highest BCUT2D eigenvalue weighted by atomic mass is 35.5. The van der Waals surface area contributed by atoms with Gasteiger partial charge < -0.3 is 0 Å². The van der Waals surface area contributed by atoms with Crippen LogP contribution < -0.4 is 0 Å². The number of hydrogen-bond donors (Lipinski definition) is 0. The summed E-state index contributed by atoms with van der Waals surface area (Å²) in [5, 5.41) is 0.359. The van der Waals surface area contributed by atoms with Gasteiger partial charge in [-0.2, -0.15) is 0 Å². The number of halogens is 2. The van der Waals surface area contributed by atoms with Crippen molar-refractivity contribution in [1.82, 2.24) is 0 Å². The zero-order valence-corrected chi connectivity index (χ0v) is 8.57. The summed E-state index contributed by atoms with van der Waals surface area (Å²) in [5.41, 5.74) is -0.239. The third kappa shape index (κ3) is 1.25. The highest BCUT2D eigenvalue weighted by Gasteiger charge is 2.51. The summed E-state index contributed by atoms with van der Waals surface area (Å²) in [6.45, 7) is 1.50. The lowest BCUT2D eigenvalue weighted by Gasteiger charge is -2.14. The van der Waals surface area contributed by atoms with Crippen LogP contribution in [0.2, 0.25) is 5.02 Å². The zero-order chi connectivity index (χ0) is 10.3. The second kappa shape index (κ2) is 3.06. The van der Waals surface area contributed by atoms with Crippen LogP contribution in [0.3, 0.4) is 0 Å². The quantitative estimate of drug-likeness (QED) is 0.736. The molecule has 1 aliphatic carbocycles. The van der Waals surface area contributed by atoms with Crippen LogP contribution in [0, 0.1) is 5.82 Å². The molecule has 0 N–H and O–H groups in total. The zero-order valence-electron chi connectivity index (χ0n) is 7.81. The van der Waals surface area contributed by atoms with Gasteiger partial charge in [-0.15, -0.1) is 0 Å². The number of hydrogen-bond acceptors (Lipinski definition) is 1. The van der Waals surface area contributed by atoms with Crippen LogP contribution in [-0.2, 0) is 10.2 Å². The lowest BCUT2D eigenvalue weighted by molar-refractivity contribution is -0.119. The SMILES string of the molecule is CC(=O)C1(c2c(F)cccc2Cl)CC1. The Morgan fingerprint density at radius 1 is 1.50 bits per heavy atom. The molecule has 0 saturated heterocycles. The minimum Gasteiger partial charge on any atom is -0.299 e. The predicted molar refractivity (Wildman–Crippen MR) is 53.0 cm³/mol. The van der Waals surface area contributed by atoms with E-state index in [-0.39, 0.29) is 11.6 Å². The van der Waals surface area contributed by atoms with Crippen molar-refractivity contribution in [2.24, 2.45) is 0 Å². The minimum atomic E-state index is -0.623. The molecule has 0 atom stereocenters. The van der Waals surface area contributed by atoms with E-state index in [0.29, 0.717) is 23.4 Å². The third-order valence-corrected chi connectivity index (χ3v) is 3.18. The van der Waals surface area contributed by atoms with E-state index < -0.39 is 5.41 Å². The molecule has 0 aliphatic heterocycles. The van der Waals surface area contributed by atoms with E-state index in [4.69, 9.17) is 11.6 Å². The molecule has 74 valence electrons. The van der Waals surface area contributed by atoms with Crippen LogP contribution >= 0.6 is 11.6 Å². The van der Waals surface area contributed by atoms with Crippen LogP contribution in [0.15, 0.2) is 18.2 Å².